The Kier molecular flexibility index (Phi) is 6.51. The summed E-state index contributed by atoms with van der Waals surface area (Å²) in [7, 11) is 1.82. The molecule has 0 aliphatic carbocycles. The second kappa shape index (κ2) is 8.61. The molecule has 0 bridgehead atoms. The van der Waals surface area contributed by atoms with E-state index in [1.54, 1.807) is 24.0 Å². The zero-order valence-corrected chi connectivity index (χ0v) is 14.4. The first-order valence-corrected chi connectivity index (χ1v) is 8.41. The number of rotatable bonds is 5. The minimum atomic E-state index is -0.207. The Morgan fingerprint density at radius 2 is 2.22 bits per heavy atom. The second-order valence-electron chi connectivity index (χ2n) is 4.47. The Hall–Kier alpha value is -1.97. The number of nitrogens with zero attached hydrogens (tertiary/aromatic N) is 3. The van der Waals surface area contributed by atoms with Crippen LogP contribution in [0.4, 0.5) is 0 Å². The molecule has 0 spiro atoms. The average Bonchev–Trinajstić information content (AvgIpc) is 2.93. The summed E-state index contributed by atoms with van der Waals surface area (Å²) in [6, 6.07) is 3.63. The van der Waals surface area contributed by atoms with Gasteiger partial charge in [-0.15, -0.1) is 11.8 Å². The van der Waals surface area contributed by atoms with E-state index in [0.29, 0.717) is 29.5 Å². The highest BCUT2D eigenvalue weighted by atomic mass is 35.5. The summed E-state index contributed by atoms with van der Waals surface area (Å²) >= 11 is 7.82. The molecule has 120 valence electrons. The van der Waals surface area contributed by atoms with Crippen LogP contribution in [0.3, 0.4) is 0 Å². The van der Waals surface area contributed by atoms with Crippen LogP contribution >= 0.6 is 23.4 Å². The third kappa shape index (κ3) is 5.02. The molecule has 0 saturated heterocycles. The van der Waals surface area contributed by atoms with Gasteiger partial charge in [-0.05, 0) is 30.9 Å². The summed E-state index contributed by atoms with van der Waals surface area (Å²) in [5.41, 5.74) is 1.29. The zero-order chi connectivity index (χ0) is 16.7. The number of esters is 1. The Morgan fingerprint density at radius 3 is 2.91 bits per heavy atom. The molecule has 2 aromatic heterocycles. The lowest BCUT2D eigenvalue weighted by Gasteiger charge is -2.05. The maximum absolute atomic E-state index is 11.3. The number of ether oxygens (including phenoxy) is 1. The number of hydrogen-bond acceptors (Lipinski definition) is 5. The molecule has 0 aliphatic rings. The fraction of sp³-hybridized carbons (Fsp3) is 0.312. The summed E-state index contributed by atoms with van der Waals surface area (Å²) in [5.74, 6) is 6.33. The first-order valence-electron chi connectivity index (χ1n) is 7.04. The molecular weight excluding hydrogens is 334 g/mol. The van der Waals surface area contributed by atoms with E-state index in [4.69, 9.17) is 16.3 Å². The third-order valence-corrected chi connectivity index (χ3v) is 4.41. The van der Waals surface area contributed by atoms with E-state index in [0.717, 1.165) is 10.6 Å². The number of carbonyl (C=O) groups is 1. The first-order chi connectivity index (χ1) is 11.1. The van der Waals surface area contributed by atoms with E-state index in [2.05, 4.69) is 21.9 Å². The molecule has 2 heterocycles. The maximum atomic E-state index is 11.3. The molecule has 0 aliphatic heterocycles. The topological polar surface area (TPSA) is 57.0 Å². The van der Waals surface area contributed by atoms with Crippen molar-refractivity contribution in [3.63, 3.8) is 0 Å². The summed E-state index contributed by atoms with van der Waals surface area (Å²) in [5, 5.41) is 4.55. The van der Waals surface area contributed by atoms with Gasteiger partial charge in [0.05, 0.1) is 24.2 Å². The SMILES string of the molecule is CCOC(=O)CCSc1ccnc(C#Cc2ccnn2C)c1Cl. The van der Waals surface area contributed by atoms with Crippen LogP contribution in [0.25, 0.3) is 0 Å². The molecule has 0 aromatic carbocycles. The van der Waals surface area contributed by atoms with Gasteiger partial charge in [-0.25, -0.2) is 4.98 Å². The normalized spacial score (nSPS) is 10.0. The van der Waals surface area contributed by atoms with Crippen molar-refractivity contribution in [1.82, 2.24) is 14.8 Å². The van der Waals surface area contributed by atoms with E-state index in [1.165, 1.54) is 11.8 Å². The van der Waals surface area contributed by atoms with Crippen molar-refractivity contribution < 1.29 is 9.53 Å². The summed E-state index contributed by atoms with van der Waals surface area (Å²) in [6.07, 6.45) is 3.68. The van der Waals surface area contributed by atoms with Gasteiger partial charge in [0.1, 0.15) is 11.4 Å². The Labute approximate surface area is 144 Å². The van der Waals surface area contributed by atoms with Crippen molar-refractivity contribution in [3.05, 3.63) is 40.9 Å². The van der Waals surface area contributed by atoms with Crippen molar-refractivity contribution in [1.29, 1.82) is 0 Å². The maximum Gasteiger partial charge on any atom is 0.306 e. The summed E-state index contributed by atoms with van der Waals surface area (Å²) < 4.78 is 6.58. The van der Waals surface area contributed by atoms with Gasteiger partial charge in [0.25, 0.3) is 0 Å². The molecule has 23 heavy (non-hydrogen) atoms. The molecule has 0 amide bonds. The molecule has 0 atom stereocenters. The van der Waals surface area contributed by atoms with Gasteiger partial charge in [-0.3, -0.25) is 9.48 Å². The molecule has 0 fully saturated rings. The van der Waals surface area contributed by atoms with Crippen LogP contribution in [0.2, 0.25) is 5.02 Å². The van der Waals surface area contributed by atoms with E-state index in [-0.39, 0.29) is 5.97 Å². The molecule has 0 radical (unpaired) electrons. The number of carbonyl (C=O) groups excluding carboxylic acids is 1. The summed E-state index contributed by atoms with van der Waals surface area (Å²) in [6.45, 7) is 2.19. The minimum absolute atomic E-state index is 0.207. The van der Waals surface area contributed by atoms with E-state index >= 15 is 0 Å². The van der Waals surface area contributed by atoms with Crippen LogP contribution in [-0.4, -0.2) is 33.1 Å². The van der Waals surface area contributed by atoms with Gasteiger partial charge in [-0.2, -0.15) is 5.10 Å². The smallest absolute Gasteiger partial charge is 0.306 e. The van der Waals surface area contributed by atoms with Gasteiger partial charge in [0.2, 0.25) is 0 Å². The molecule has 2 aromatic rings. The number of aromatic nitrogens is 3. The Bertz CT molecular complexity index is 749. The van der Waals surface area contributed by atoms with Crippen molar-refractivity contribution in [2.24, 2.45) is 7.05 Å². The number of hydrogen-bond donors (Lipinski definition) is 0. The summed E-state index contributed by atoms with van der Waals surface area (Å²) in [4.78, 5) is 16.4. The highest BCUT2D eigenvalue weighted by Crippen LogP contribution is 2.29. The van der Waals surface area contributed by atoms with Crippen LogP contribution in [-0.2, 0) is 16.6 Å². The predicted molar refractivity (Wildman–Crippen MR) is 90.4 cm³/mol. The van der Waals surface area contributed by atoms with Crippen LogP contribution in [0.1, 0.15) is 24.7 Å². The monoisotopic (exact) mass is 349 g/mol. The molecule has 0 N–H and O–H groups in total. The van der Waals surface area contributed by atoms with E-state index in [9.17, 15) is 4.79 Å². The molecular formula is C16H16ClN3O2S. The third-order valence-electron chi connectivity index (χ3n) is 2.85. The lowest BCUT2D eigenvalue weighted by atomic mass is 10.3. The van der Waals surface area contributed by atoms with Crippen molar-refractivity contribution in [2.45, 2.75) is 18.2 Å². The van der Waals surface area contributed by atoms with E-state index in [1.807, 2.05) is 19.2 Å². The average molecular weight is 350 g/mol. The first kappa shape index (κ1) is 17.4. The molecule has 7 heteroatoms. The largest absolute Gasteiger partial charge is 0.466 e. The van der Waals surface area contributed by atoms with Crippen LogP contribution < -0.4 is 0 Å². The number of thioether (sulfide) groups is 1. The second-order valence-corrected chi connectivity index (χ2v) is 5.98. The zero-order valence-electron chi connectivity index (χ0n) is 12.9. The van der Waals surface area contributed by atoms with Crippen molar-refractivity contribution >= 4 is 29.3 Å². The van der Waals surface area contributed by atoms with Gasteiger partial charge < -0.3 is 4.74 Å². The van der Waals surface area contributed by atoms with Crippen LogP contribution in [0.5, 0.6) is 0 Å². The lowest BCUT2D eigenvalue weighted by molar-refractivity contribution is -0.142. The fourth-order valence-corrected chi connectivity index (χ4v) is 2.91. The molecule has 0 unspecified atom stereocenters. The van der Waals surface area contributed by atoms with Gasteiger partial charge in [0.15, 0.2) is 0 Å². The van der Waals surface area contributed by atoms with Crippen molar-refractivity contribution in [3.8, 4) is 11.8 Å². The standard InChI is InChI=1S/C16H16ClN3O2S/c1-3-22-15(21)8-11-23-14-7-9-18-13(16(14)17)5-4-12-6-10-19-20(12)2/h6-7,9-10H,3,8,11H2,1-2H3. The highest BCUT2D eigenvalue weighted by molar-refractivity contribution is 7.99. The van der Waals surface area contributed by atoms with Gasteiger partial charge >= 0.3 is 5.97 Å². The number of halogens is 1. The van der Waals surface area contributed by atoms with Gasteiger partial charge in [0, 0.05) is 23.9 Å². The number of aryl methyl sites for hydroxylation is 1. The molecule has 2 rings (SSSR count). The molecule has 0 saturated carbocycles. The fourth-order valence-electron chi connectivity index (χ4n) is 1.72. The highest BCUT2D eigenvalue weighted by Gasteiger charge is 2.08. The predicted octanol–water partition coefficient (Wildman–Crippen LogP) is 2.91. The van der Waals surface area contributed by atoms with Crippen LogP contribution in [0, 0.1) is 11.8 Å². The number of pyridine rings is 1. The Balaban J connectivity index is 2.05. The van der Waals surface area contributed by atoms with Crippen LogP contribution in [0.15, 0.2) is 29.4 Å². The lowest BCUT2D eigenvalue weighted by Crippen LogP contribution is -2.04. The minimum Gasteiger partial charge on any atom is -0.466 e. The quantitative estimate of drug-likeness (QED) is 0.472. The van der Waals surface area contributed by atoms with Crippen molar-refractivity contribution in [2.75, 3.05) is 12.4 Å². The molecule has 5 nitrogen and oxygen atoms in total. The Morgan fingerprint density at radius 1 is 1.39 bits per heavy atom. The van der Waals surface area contributed by atoms with E-state index < -0.39 is 0 Å². The van der Waals surface area contributed by atoms with Gasteiger partial charge in [-0.1, -0.05) is 11.6 Å².